The van der Waals surface area contributed by atoms with E-state index in [1.165, 1.54) is 0 Å². The molecule has 2 rings (SSSR count). The van der Waals surface area contributed by atoms with Gasteiger partial charge in [0.2, 0.25) is 6.79 Å². The molecular formula is C8H9NO2. The molecule has 58 valence electrons. The summed E-state index contributed by atoms with van der Waals surface area (Å²) in [6.07, 6.45) is 0. The van der Waals surface area contributed by atoms with Crippen LogP contribution in [0, 0.1) is 6.92 Å². The van der Waals surface area contributed by atoms with Gasteiger partial charge in [-0.1, -0.05) is 6.07 Å². The highest BCUT2D eigenvalue weighted by atomic mass is 16.7. The van der Waals surface area contributed by atoms with Crippen LogP contribution in [0.3, 0.4) is 0 Å². The minimum absolute atomic E-state index is 0.281. The number of aryl methyl sites for hydroxylation is 1. The maximum atomic E-state index is 5.73. The van der Waals surface area contributed by atoms with Gasteiger partial charge in [-0.25, -0.2) is 0 Å². The van der Waals surface area contributed by atoms with Gasteiger partial charge in [-0.2, -0.15) is 0 Å². The normalized spacial score (nSPS) is 13.5. The van der Waals surface area contributed by atoms with Gasteiger partial charge in [0, 0.05) is 0 Å². The molecule has 1 aliphatic heterocycles. The van der Waals surface area contributed by atoms with Crippen molar-refractivity contribution in [3.05, 3.63) is 17.7 Å². The summed E-state index contributed by atoms with van der Waals surface area (Å²) in [6.45, 7) is 2.22. The monoisotopic (exact) mass is 151 g/mol. The van der Waals surface area contributed by atoms with Crippen molar-refractivity contribution in [2.75, 3.05) is 12.5 Å². The van der Waals surface area contributed by atoms with Gasteiger partial charge in [0.15, 0.2) is 11.5 Å². The number of fused-ring (bicyclic) bond motifs is 1. The van der Waals surface area contributed by atoms with Gasteiger partial charge in [0.05, 0.1) is 5.69 Å². The Bertz CT molecular complexity index is 296. The van der Waals surface area contributed by atoms with Crippen molar-refractivity contribution >= 4 is 5.69 Å². The molecule has 0 radical (unpaired) electrons. The molecule has 1 aliphatic rings. The van der Waals surface area contributed by atoms with E-state index in [-0.39, 0.29) is 6.79 Å². The second kappa shape index (κ2) is 2.05. The molecule has 3 nitrogen and oxygen atoms in total. The molecule has 0 amide bonds. The largest absolute Gasteiger partial charge is 0.454 e. The van der Waals surface area contributed by atoms with Crippen molar-refractivity contribution in [1.29, 1.82) is 0 Å². The molecule has 0 aliphatic carbocycles. The van der Waals surface area contributed by atoms with Crippen molar-refractivity contribution in [2.24, 2.45) is 0 Å². The average Bonchev–Trinajstić information content (AvgIpc) is 2.45. The zero-order valence-corrected chi connectivity index (χ0v) is 6.26. The molecule has 3 heteroatoms. The highest BCUT2D eigenvalue weighted by Crippen LogP contribution is 2.38. The molecule has 11 heavy (non-hydrogen) atoms. The first kappa shape index (κ1) is 6.34. The third-order valence-electron chi connectivity index (χ3n) is 1.80. The molecule has 1 aromatic carbocycles. The second-order valence-corrected chi connectivity index (χ2v) is 2.53. The van der Waals surface area contributed by atoms with E-state index in [0.717, 1.165) is 11.3 Å². The van der Waals surface area contributed by atoms with E-state index in [2.05, 4.69) is 0 Å². The number of benzene rings is 1. The van der Waals surface area contributed by atoms with E-state index >= 15 is 0 Å². The molecule has 0 bridgehead atoms. The summed E-state index contributed by atoms with van der Waals surface area (Å²) in [6, 6.07) is 3.79. The summed E-state index contributed by atoms with van der Waals surface area (Å²) >= 11 is 0. The SMILES string of the molecule is Cc1ccc2c(c1N)OCO2. The Labute approximate surface area is 64.7 Å². The number of anilines is 1. The highest BCUT2D eigenvalue weighted by molar-refractivity contribution is 5.65. The number of hydrogen-bond donors (Lipinski definition) is 1. The Morgan fingerprint density at radius 1 is 1.36 bits per heavy atom. The van der Waals surface area contributed by atoms with Gasteiger partial charge in [0.25, 0.3) is 0 Å². The number of hydrogen-bond acceptors (Lipinski definition) is 3. The molecule has 0 saturated heterocycles. The van der Waals surface area contributed by atoms with Crippen LogP contribution in [0.2, 0.25) is 0 Å². The first-order valence-corrected chi connectivity index (χ1v) is 3.43. The van der Waals surface area contributed by atoms with Crippen molar-refractivity contribution in [1.82, 2.24) is 0 Å². The summed E-state index contributed by atoms with van der Waals surface area (Å²) in [5, 5.41) is 0. The standard InChI is InChI=1S/C8H9NO2/c1-5-2-3-6-8(7(5)9)11-4-10-6/h2-3H,4,9H2,1H3. The molecule has 0 atom stereocenters. The third kappa shape index (κ3) is 0.808. The topological polar surface area (TPSA) is 44.5 Å². The van der Waals surface area contributed by atoms with E-state index in [1.54, 1.807) is 0 Å². The molecule has 1 aromatic rings. The van der Waals surface area contributed by atoms with E-state index < -0.39 is 0 Å². The maximum absolute atomic E-state index is 5.73. The van der Waals surface area contributed by atoms with Gasteiger partial charge < -0.3 is 15.2 Å². The lowest BCUT2D eigenvalue weighted by Gasteiger charge is -2.02. The molecule has 0 saturated carbocycles. The lowest BCUT2D eigenvalue weighted by atomic mass is 10.2. The fourth-order valence-electron chi connectivity index (χ4n) is 1.09. The van der Waals surface area contributed by atoms with Crippen LogP contribution < -0.4 is 15.2 Å². The molecule has 1 heterocycles. The lowest BCUT2D eigenvalue weighted by molar-refractivity contribution is 0.174. The maximum Gasteiger partial charge on any atom is 0.231 e. The summed E-state index contributed by atoms with van der Waals surface area (Å²) in [7, 11) is 0. The quantitative estimate of drug-likeness (QED) is 0.568. The Balaban J connectivity index is 2.62. The van der Waals surface area contributed by atoms with Gasteiger partial charge in [-0.15, -0.1) is 0 Å². The minimum Gasteiger partial charge on any atom is -0.454 e. The molecular weight excluding hydrogens is 142 g/mol. The Morgan fingerprint density at radius 2 is 2.18 bits per heavy atom. The van der Waals surface area contributed by atoms with Gasteiger partial charge in [-0.3, -0.25) is 0 Å². The first-order chi connectivity index (χ1) is 5.29. The molecule has 0 aromatic heterocycles. The molecule has 0 fully saturated rings. The van der Waals surface area contributed by atoms with E-state index in [9.17, 15) is 0 Å². The van der Waals surface area contributed by atoms with Crippen LogP contribution in [0.15, 0.2) is 12.1 Å². The van der Waals surface area contributed by atoms with Crippen molar-refractivity contribution in [3.8, 4) is 11.5 Å². The Morgan fingerprint density at radius 3 is 3.00 bits per heavy atom. The predicted molar refractivity (Wildman–Crippen MR) is 41.7 cm³/mol. The number of rotatable bonds is 0. The van der Waals surface area contributed by atoms with E-state index in [4.69, 9.17) is 15.2 Å². The Kier molecular flexibility index (Phi) is 1.18. The number of nitrogen functional groups attached to an aromatic ring is 1. The van der Waals surface area contributed by atoms with Crippen LogP contribution in [0.1, 0.15) is 5.56 Å². The highest BCUT2D eigenvalue weighted by Gasteiger charge is 2.16. The zero-order chi connectivity index (χ0) is 7.84. The fraction of sp³-hybridized carbons (Fsp3) is 0.250. The summed E-state index contributed by atoms with van der Waals surface area (Å²) in [5.74, 6) is 1.43. The van der Waals surface area contributed by atoms with Crippen molar-refractivity contribution in [3.63, 3.8) is 0 Å². The third-order valence-corrected chi connectivity index (χ3v) is 1.80. The van der Waals surface area contributed by atoms with Crippen LogP contribution in [-0.2, 0) is 0 Å². The van der Waals surface area contributed by atoms with Crippen LogP contribution in [0.4, 0.5) is 5.69 Å². The van der Waals surface area contributed by atoms with Crippen molar-refractivity contribution < 1.29 is 9.47 Å². The van der Waals surface area contributed by atoms with E-state index in [1.807, 2.05) is 19.1 Å². The van der Waals surface area contributed by atoms with Crippen LogP contribution in [0.25, 0.3) is 0 Å². The predicted octanol–water partition coefficient (Wildman–Crippen LogP) is 1.31. The molecule has 0 spiro atoms. The molecule has 2 N–H and O–H groups in total. The number of nitrogens with two attached hydrogens (primary N) is 1. The van der Waals surface area contributed by atoms with Crippen LogP contribution >= 0.6 is 0 Å². The number of ether oxygens (including phenoxy) is 2. The summed E-state index contributed by atoms with van der Waals surface area (Å²) < 4.78 is 10.3. The minimum atomic E-state index is 0.281. The molecule has 0 unspecified atom stereocenters. The van der Waals surface area contributed by atoms with Crippen LogP contribution in [0.5, 0.6) is 11.5 Å². The summed E-state index contributed by atoms with van der Waals surface area (Å²) in [5.41, 5.74) is 7.43. The zero-order valence-electron chi connectivity index (χ0n) is 6.26. The second-order valence-electron chi connectivity index (χ2n) is 2.53. The van der Waals surface area contributed by atoms with Crippen LogP contribution in [-0.4, -0.2) is 6.79 Å². The average molecular weight is 151 g/mol. The van der Waals surface area contributed by atoms with Crippen molar-refractivity contribution in [2.45, 2.75) is 6.92 Å². The fourth-order valence-corrected chi connectivity index (χ4v) is 1.09. The van der Waals surface area contributed by atoms with E-state index in [0.29, 0.717) is 11.4 Å². The van der Waals surface area contributed by atoms with Gasteiger partial charge >= 0.3 is 0 Å². The first-order valence-electron chi connectivity index (χ1n) is 3.43. The van der Waals surface area contributed by atoms with Gasteiger partial charge in [-0.05, 0) is 18.6 Å². The van der Waals surface area contributed by atoms with Gasteiger partial charge in [0.1, 0.15) is 0 Å². The summed E-state index contributed by atoms with van der Waals surface area (Å²) in [4.78, 5) is 0. The lowest BCUT2D eigenvalue weighted by Crippen LogP contribution is -1.95. The smallest absolute Gasteiger partial charge is 0.231 e. The Hall–Kier alpha value is -1.38.